The summed E-state index contributed by atoms with van der Waals surface area (Å²) in [5, 5.41) is 0. The third-order valence-corrected chi connectivity index (χ3v) is 3.89. The van der Waals surface area contributed by atoms with Crippen molar-refractivity contribution in [3.05, 3.63) is 18.3 Å². The zero-order chi connectivity index (χ0) is 13.2. The number of pyridine rings is 1. The number of hydrogen-bond acceptors (Lipinski definition) is 4. The Balaban J connectivity index is 1.53. The average Bonchev–Trinajstić information content (AvgIpc) is 3.24. The van der Waals surface area contributed by atoms with E-state index in [1.807, 2.05) is 17.0 Å². The minimum Gasteiger partial charge on any atom is -0.397 e. The molecule has 1 aromatic rings. The van der Waals surface area contributed by atoms with Crippen LogP contribution in [-0.2, 0) is 4.79 Å². The quantitative estimate of drug-likeness (QED) is 0.884. The maximum Gasteiger partial charge on any atom is 0.222 e. The molecule has 1 aliphatic carbocycles. The summed E-state index contributed by atoms with van der Waals surface area (Å²) in [6, 6.07) is 3.81. The first kappa shape index (κ1) is 12.3. The molecule has 19 heavy (non-hydrogen) atoms. The molecule has 1 saturated carbocycles. The number of nitrogens with two attached hydrogens (primary N) is 1. The van der Waals surface area contributed by atoms with Crippen LogP contribution in [-0.4, -0.2) is 42.0 Å². The smallest absolute Gasteiger partial charge is 0.222 e. The molecule has 1 saturated heterocycles. The lowest BCUT2D eigenvalue weighted by atomic mass is 10.2. The van der Waals surface area contributed by atoms with E-state index in [-0.39, 0.29) is 0 Å². The zero-order valence-electron chi connectivity index (χ0n) is 11.1. The molecule has 1 amide bonds. The first-order valence-corrected chi connectivity index (χ1v) is 6.96. The van der Waals surface area contributed by atoms with Crippen LogP contribution < -0.4 is 10.6 Å². The first-order valence-electron chi connectivity index (χ1n) is 6.96. The molecule has 102 valence electrons. The highest BCUT2D eigenvalue weighted by atomic mass is 16.2. The fourth-order valence-electron chi connectivity index (χ4n) is 2.47. The summed E-state index contributed by atoms with van der Waals surface area (Å²) >= 11 is 0. The van der Waals surface area contributed by atoms with Crippen molar-refractivity contribution in [1.82, 2.24) is 9.88 Å². The molecule has 0 radical (unpaired) electrons. The predicted molar refractivity (Wildman–Crippen MR) is 74.8 cm³/mol. The van der Waals surface area contributed by atoms with Gasteiger partial charge in [-0.15, -0.1) is 0 Å². The third kappa shape index (κ3) is 2.97. The fourth-order valence-corrected chi connectivity index (χ4v) is 2.47. The number of nitrogens with zero attached hydrogens (tertiary/aromatic N) is 3. The molecule has 2 heterocycles. The molecule has 5 heteroatoms. The molecular weight excluding hydrogens is 240 g/mol. The van der Waals surface area contributed by atoms with Crippen molar-refractivity contribution in [2.45, 2.75) is 19.3 Å². The maximum atomic E-state index is 12.0. The molecule has 2 N–H and O–H groups in total. The summed E-state index contributed by atoms with van der Waals surface area (Å²) < 4.78 is 0. The fraction of sp³-hybridized carbons (Fsp3) is 0.571. The van der Waals surface area contributed by atoms with Crippen molar-refractivity contribution >= 4 is 17.4 Å². The minimum absolute atomic E-state index is 0.326. The Morgan fingerprint density at radius 1 is 1.26 bits per heavy atom. The molecule has 0 spiro atoms. The monoisotopic (exact) mass is 260 g/mol. The van der Waals surface area contributed by atoms with Crippen LogP contribution >= 0.6 is 0 Å². The summed E-state index contributed by atoms with van der Waals surface area (Å²) in [6.07, 6.45) is 4.90. The normalized spacial score (nSPS) is 19.6. The van der Waals surface area contributed by atoms with Gasteiger partial charge in [0.25, 0.3) is 0 Å². The van der Waals surface area contributed by atoms with Gasteiger partial charge in [-0.2, -0.15) is 0 Å². The highest BCUT2D eigenvalue weighted by Gasteiger charge is 2.28. The van der Waals surface area contributed by atoms with Gasteiger partial charge in [0.05, 0.1) is 11.9 Å². The van der Waals surface area contributed by atoms with Crippen LogP contribution in [0, 0.1) is 5.92 Å². The lowest BCUT2D eigenvalue weighted by Gasteiger charge is -2.35. The van der Waals surface area contributed by atoms with Crippen LogP contribution in [0.5, 0.6) is 0 Å². The van der Waals surface area contributed by atoms with Gasteiger partial charge < -0.3 is 15.5 Å². The number of hydrogen-bond donors (Lipinski definition) is 1. The van der Waals surface area contributed by atoms with Gasteiger partial charge in [0.1, 0.15) is 5.82 Å². The molecule has 1 aromatic heterocycles. The molecule has 0 unspecified atom stereocenters. The summed E-state index contributed by atoms with van der Waals surface area (Å²) in [4.78, 5) is 20.5. The van der Waals surface area contributed by atoms with Gasteiger partial charge in [-0.05, 0) is 30.9 Å². The molecule has 2 aliphatic rings. The maximum absolute atomic E-state index is 12.0. The van der Waals surface area contributed by atoms with Crippen molar-refractivity contribution in [3.63, 3.8) is 0 Å². The van der Waals surface area contributed by atoms with Crippen LogP contribution in [0.4, 0.5) is 11.5 Å². The number of carbonyl (C=O) groups is 1. The van der Waals surface area contributed by atoms with E-state index in [9.17, 15) is 4.79 Å². The number of aromatic nitrogens is 1. The van der Waals surface area contributed by atoms with Crippen molar-refractivity contribution in [2.75, 3.05) is 36.8 Å². The number of nitrogen functional groups attached to an aromatic ring is 1. The van der Waals surface area contributed by atoms with Crippen LogP contribution in [0.3, 0.4) is 0 Å². The summed E-state index contributed by atoms with van der Waals surface area (Å²) in [6.45, 7) is 3.32. The Hall–Kier alpha value is -1.78. The number of piperazine rings is 1. The lowest BCUT2D eigenvalue weighted by Crippen LogP contribution is -2.49. The number of rotatable bonds is 3. The van der Waals surface area contributed by atoms with E-state index in [1.165, 1.54) is 12.8 Å². The molecule has 0 bridgehead atoms. The van der Waals surface area contributed by atoms with Crippen molar-refractivity contribution in [2.24, 2.45) is 5.92 Å². The first-order chi connectivity index (χ1) is 9.22. The van der Waals surface area contributed by atoms with Gasteiger partial charge in [0, 0.05) is 32.6 Å². The highest BCUT2D eigenvalue weighted by molar-refractivity contribution is 5.77. The number of amides is 1. The Kier molecular flexibility index (Phi) is 3.27. The standard InChI is InChI=1S/C14H20N4O/c15-12-3-4-13(16-10-12)17-5-7-18(8-6-17)14(19)9-11-1-2-11/h3-4,10-11H,1-2,5-9,15H2. The molecule has 2 fully saturated rings. The van der Waals surface area contributed by atoms with Gasteiger partial charge in [0.2, 0.25) is 5.91 Å². The van der Waals surface area contributed by atoms with Crippen LogP contribution in [0.2, 0.25) is 0 Å². The Labute approximate surface area is 113 Å². The third-order valence-electron chi connectivity index (χ3n) is 3.89. The molecule has 3 rings (SSSR count). The minimum atomic E-state index is 0.326. The SMILES string of the molecule is Nc1ccc(N2CCN(C(=O)CC3CC3)CC2)nc1. The molecular formula is C14H20N4O. The average molecular weight is 260 g/mol. The summed E-state index contributed by atoms with van der Waals surface area (Å²) in [7, 11) is 0. The van der Waals surface area contributed by atoms with Crippen molar-refractivity contribution < 1.29 is 4.79 Å². The van der Waals surface area contributed by atoms with E-state index < -0.39 is 0 Å². The van der Waals surface area contributed by atoms with Crippen molar-refractivity contribution in [1.29, 1.82) is 0 Å². The van der Waals surface area contributed by atoms with Gasteiger partial charge >= 0.3 is 0 Å². The molecule has 0 aromatic carbocycles. The second kappa shape index (κ2) is 5.07. The second-order valence-electron chi connectivity index (χ2n) is 5.47. The van der Waals surface area contributed by atoms with Crippen LogP contribution in [0.25, 0.3) is 0 Å². The molecule has 0 atom stereocenters. The van der Waals surface area contributed by atoms with E-state index in [2.05, 4.69) is 9.88 Å². The highest BCUT2D eigenvalue weighted by Crippen LogP contribution is 2.33. The topological polar surface area (TPSA) is 62.5 Å². The van der Waals surface area contributed by atoms with Crippen LogP contribution in [0.15, 0.2) is 18.3 Å². The summed E-state index contributed by atoms with van der Waals surface area (Å²) in [5.74, 6) is 1.94. The lowest BCUT2D eigenvalue weighted by molar-refractivity contribution is -0.131. The predicted octanol–water partition coefficient (Wildman–Crippen LogP) is 1.11. The van der Waals surface area contributed by atoms with E-state index in [0.717, 1.165) is 38.4 Å². The van der Waals surface area contributed by atoms with Gasteiger partial charge in [-0.25, -0.2) is 4.98 Å². The van der Waals surface area contributed by atoms with Gasteiger partial charge in [-0.3, -0.25) is 4.79 Å². The Morgan fingerprint density at radius 3 is 2.58 bits per heavy atom. The van der Waals surface area contributed by atoms with E-state index in [0.29, 0.717) is 17.5 Å². The largest absolute Gasteiger partial charge is 0.397 e. The summed E-state index contributed by atoms with van der Waals surface area (Å²) in [5.41, 5.74) is 6.32. The second-order valence-corrected chi connectivity index (χ2v) is 5.47. The van der Waals surface area contributed by atoms with Crippen LogP contribution in [0.1, 0.15) is 19.3 Å². The van der Waals surface area contributed by atoms with Crippen molar-refractivity contribution in [3.8, 4) is 0 Å². The number of carbonyl (C=O) groups excluding carboxylic acids is 1. The van der Waals surface area contributed by atoms with Gasteiger partial charge in [-0.1, -0.05) is 0 Å². The van der Waals surface area contributed by atoms with E-state index in [4.69, 9.17) is 5.73 Å². The Bertz CT molecular complexity index is 447. The zero-order valence-corrected chi connectivity index (χ0v) is 11.1. The van der Waals surface area contributed by atoms with E-state index >= 15 is 0 Å². The Morgan fingerprint density at radius 2 is 2.00 bits per heavy atom. The van der Waals surface area contributed by atoms with Gasteiger partial charge in [0.15, 0.2) is 0 Å². The molecule has 1 aliphatic heterocycles. The van der Waals surface area contributed by atoms with E-state index in [1.54, 1.807) is 6.20 Å². The molecule has 5 nitrogen and oxygen atoms in total. The number of anilines is 2.